The zero-order chi connectivity index (χ0) is 46.5. The maximum absolute atomic E-state index is 6.74. The summed E-state index contributed by atoms with van der Waals surface area (Å²) in [6.07, 6.45) is 1.91. The highest BCUT2D eigenvalue weighted by molar-refractivity contribution is 6.13. The molecule has 0 saturated heterocycles. The quantitative estimate of drug-likeness (QED) is 0.188. The first kappa shape index (κ1) is 43.1. The van der Waals surface area contributed by atoms with Crippen LogP contribution in [-0.2, 0) is 21.7 Å². The summed E-state index contributed by atoms with van der Waals surface area (Å²) in [5.41, 5.74) is 19.1. The van der Waals surface area contributed by atoms with Crippen molar-refractivity contribution in [1.82, 2.24) is 15.0 Å². The monoisotopic (exact) mass is 863 g/mol. The van der Waals surface area contributed by atoms with Gasteiger partial charge in [-0.15, -0.1) is 0 Å². The van der Waals surface area contributed by atoms with Crippen LogP contribution in [0.2, 0.25) is 0 Å². The van der Waals surface area contributed by atoms with Crippen molar-refractivity contribution < 1.29 is 4.42 Å². The Balaban J connectivity index is 1.29. The van der Waals surface area contributed by atoms with E-state index in [4.69, 9.17) is 14.4 Å². The van der Waals surface area contributed by atoms with Crippen LogP contribution >= 0.6 is 0 Å². The fourth-order valence-electron chi connectivity index (χ4n) is 9.30. The second-order valence-electron chi connectivity index (χ2n) is 22.6. The van der Waals surface area contributed by atoms with E-state index in [1.54, 1.807) is 0 Å². The van der Waals surface area contributed by atoms with Crippen molar-refractivity contribution in [2.24, 2.45) is 0 Å². The second-order valence-corrected chi connectivity index (χ2v) is 22.6. The summed E-state index contributed by atoms with van der Waals surface area (Å²) in [5, 5.41) is 4.55. The number of aromatic nitrogens is 3. The van der Waals surface area contributed by atoms with Crippen molar-refractivity contribution in [2.45, 2.75) is 105 Å². The number of nitrogens with zero attached hydrogens (tertiary/aromatic N) is 2. The Labute approximate surface area is 390 Å². The standard InChI is InChI=1S/C62H61N3O/c1-59(2,3)42-22-23-52-47(34-42)48-35-45(62(10,11)12)36-50(57(48)65-52)55-32-40(39-26-43(60(4,5)6)33-44(27-39)61(7,8)9)31-53(64-55)41-28-49-46-20-16-17-21-56(46)66-58(49)51(29-41)54-30-38(24-25-63-54)37-18-14-13-15-19-37/h13-36,65H,1-12H3. The van der Waals surface area contributed by atoms with Crippen molar-refractivity contribution in [3.8, 4) is 56.0 Å². The van der Waals surface area contributed by atoms with Crippen LogP contribution < -0.4 is 0 Å². The van der Waals surface area contributed by atoms with E-state index in [9.17, 15) is 0 Å². The van der Waals surface area contributed by atoms with Gasteiger partial charge in [0.2, 0.25) is 0 Å². The number of hydrogen-bond acceptors (Lipinski definition) is 3. The van der Waals surface area contributed by atoms with Crippen LogP contribution in [0.15, 0.2) is 150 Å². The molecule has 10 aromatic rings. The molecule has 66 heavy (non-hydrogen) atoms. The molecule has 4 nitrogen and oxygen atoms in total. The molecule has 0 fully saturated rings. The Bertz CT molecular complexity index is 3470. The zero-order valence-electron chi connectivity index (χ0n) is 40.7. The van der Waals surface area contributed by atoms with Crippen molar-refractivity contribution in [1.29, 1.82) is 0 Å². The summed E-state index contributed by atoms with van der Waals surface area (Å²) in [5.74, 6) is 0. The van der Waals surface area contributed by atoms with Crippen molar-refractivity contribution in [3.05, 3.63) is 168 Å². The van der Waals surface area contributed by atoms with Gasteiger partial charge in [-0.2, -0.15) is 0 Å². The molecule has 0 unspecified atom stereocenters. The van der Waals surface area contributed by atoms with E-state index in [0.717, 1.165) is 83.4 Å². The number of benzene rings is 6. The highest BCUT2D eigenvalue weighted by atomic mass is 16.3. The fraction of sp³-hybridized carbons (Fsp3) is 0.258. The summed E-state index contributed by atoms with van der Waals surface area (Å²) >= 11 is 0. The van der Waals surface area contributed by atoms with E-state index in [1.165, 1.54) is 38.6 Å². The van der Waals surface area contributed by atoms with Gasteiger partial charge in [0.25, 0.3) is 0 Å². The van der Waals surface area contributed by atoms with Crippen LogP contribution in [0.1, 0.15) is 105 Å². The van der Waals surface area contributed by atoms with Gasteiger partial charge in [-0.25, -0.2) is 4.98 Å². The van der Waals surface area contributed by atoms with Crippen molar-refractivity contribution >= 4 is 43.7 Å². The number of para-hydroxylation sites is 1. The van der Waals surface area contributed by atoms with E-state index in [1.807, 2.05) is 12.3 Å². The Morgan fingerprint density at radius 2 is 1.00 bits per heavy atom. The molecule has 0 saturated carbocycles. The Hall–Kier alpha value is -6.78. The van der Waals surface area contributed by atoms with Crippen LogP contribution in [0, 0.1) is 0 Å². The number of H-pyrrole nitrogens is 1. The minimum atomic E-state index is -0.110. The molecule has 4 heterocycles. The highest BCUT2D eigenvalue weighted by Crippen LogP contribution is 2.44. The largest absolute Gasteiger partial charge is 0.455 e. The second kappa shape index (κ2) is 15.4. The predicted octanol–water partition coefficient (Wildman–Crippen LogP) is 17.5. The van der Waals surface area contributed by atoms with Crippen LogP contribution in [0.5, 0.6) is 0 Å². The van der Waals surface area contributed by atoms with Gasteiger partial charge in [-0.1, -0.05) is 156 Å². The molecular formula is C62H61N3O. The Morgan fingerprint density at radius 1 is 0.394 bits per heavy atom. The van der Waals surface area contributed by atoms with Crippen LogP contribution in [0.25, 0.3) is 99.8 Å². The van der Waals surface area contributed by atoms with Crippen LogP contribution in [-0.4, -0.2) is 15.0 Å². The molecule has 0 atom stereocenters. The minimum Gasteiger partial charge on any atom is -0.455 e. The first-order valence-electron chi connectivity index (χ1n) is 23.5. The number of furan rings is 1. The van der Waals surface area contributed by atoms with Crippen molar-refractivity contribution in [2.75, 3.05) is 0 Å². The fourth-order valence-corrected chi connectivity index (χ4v) is 9.30. The molecule has 6 aromatic carbocycles. The molecule has 4 heteroatoms. The third-order valence-electron chi connectivity index (χ3n) is 13.5. The topological polar surface area (TPSA) is 54.7 Å². The SMILES string of the molecule is CC(C)(C)c1cc(-c2cc(-c3cc(-c4cc(-c5ccccc5)ccn4)c4oc5ccccc5c4c3)nc(-c3cc(C(C)(C)C)cc4c3[nH]c3ccc(C(C)(C)C)cc34)c2)cc(C(C)(C)C)c1. The lowest BCUT2D eigenvalue weighted by Crippen LogP contribution is -2.16. The molecular weight excluding hydrogens is 803 g/mol. The maximum atomic E-state index is 6.74. The third-order valence-corrected chi connectivity index (χ3v) is 13.5. The lowest BCUT2D eigenvalue weighted by Gasteiger charge is -2.26. The molecule has 0 radical (unpaired) electrons. The lowest BCUT2D eigenvalue weighted by molar-refractivity contribution is 0.569. The van der Waals surface area contributed by atoms with Gasteiger partial charge in [0.1, 0.15) is 11.2 Å². The van der Waals surface area contributed by atoms with Gasteiger partial charge in [0, 0.05) is 49.9 Å². The summed E-state index contributed by atoms with van der Waals surface area (Å²) in [7, 11) is 0. The predicted molar refractivity (Wildman–Crippen MR) is 281 cm³/mol. The lowest BCUT2D eigenvalue weighted by atomic mass is 9.79. The number of rotatable bonds is 5. The van der Waals surface area contributed by atoms with Gasteiger partial charge < -0.3 is 9.40 Å². The maximum Gasteiger partial charge on any atom is 0.144 e. The van der Waals surface area contributed by atoms with E-state index >= 15 is 0 Å². The molecule has 0 aliphatic carbocycles. The van der Waals surface area contributed by atoms with E-state index in [2.05, 4.69) is 222 Å². The van der Waals surface area contributed by atoms with Gasteiger partial charge in [-0.05, 0) is 133 Å². The normalized spacial score (nSPS) is 12.8. The van der Waals surface area contributed by atoms with Gasteiger partial charge in [-0.3, -0.25) is 4.98 Å². The molecule has 330 valence electrons. The molecule has 0 aliphatic rings. The minimum absolute atomic E-state index is 0.0131. The summed E-state index contributed by atoms with van der Waals surface area (Å²) in [4.78, 5) is 14.7. The molecule has 0 bridgehead atoms. The first-order chi connectivity index (χ1) is 31.2. The van der Waals surface area contributed by atoms with Gasteiger partial charge in [0.15, 0.2) is 0 Å². The average molecular weight is 864 g/mol. The number of nitrogens with one attached hydrogen (secondary N) is 1. The summed E-state index contributed by atoms with van der Waals surface area (Å²) < 4.78 is 6.74. The first-order valence-corrected chi connectivity index (χ1v) is 23.5. The van der Waals surface area contributed by atoms with E-state index in [-0.39, 0.29) is 21.7 Å². The number of pyridine rings is 2. The average Bonchev–Trinajstić information content (AvgIpc) is 3.85. The Morgan fingerprint density at radius 3 is 1.70 bits per heavy atom. The molecule has 4 aromatic heterocycles. The van der Waals surface area contributed by atoms with Crippen molar-refractivity contribution in [3.63, 3.8) is 0 Å². The summed E-state index contributed by atoms with van der Waals surface area (Å²) in [6, 6.07) is 51.1. The summed E-state index contributed by atoms with van der Waals surface area (Å²) in [6.45, 7) is 27.6. The number of aromatic amines is 1. The highest BCUT2D eigenvalue weighted by Gasteiger charge is 2.25. The zero-order valence-corrected chi connectivity index (χ0v) is 40.7. The smallest absolute Gasteiger partial charge is 0.144 e. The van der Waals surface area contributed by atoms with Gasteiger partial charge >= 0.3 is 0 Å². The molecule has 0 aliphatic heterocycles. The Kier molecular flexibility index (Phi) is 10.1. The van der Waals surface area contributed by atoms with E-state index in [0.29, 0.717) is 0 Å². The number of hydrogen-bond donors (Lipinski definition) is 1. The number of fused-ring (bicyclic) bond motifs is 6. The molecule has 10 rings (SSSR count). The van der Waals surface area contributed by atoms with Crippen LogP contribution in [0.4, 0.5) is 0 Å². The van der Waals surface area contributed by atoms with Crippen LogP contribution in [0.3, 0.4) is 0 Å². The molecule has 0 amide bonds. The molecule has 1 N–H and O–H groups in total. The van der Waals surface area contributed by atoms with E-state index < -0.39 is 0 Å². The third kappa shape index (κ3) is 7.91. The van der Waals surface area contributed by atoms with Gasteiger partial charge in [0.05, 0.1) is 22.6 Å². The molecule has 0 spiro atoms.